The summed E-state index contributed by atoms with van der Waals surface area (Å²) in [5, 5.41) is 0. The molecular formula is C34H40F2N4O. The van der Waals surface area contributed by atoms with Crippen molar-refractivity contribution >= 4 is 17.3 Å². The van der Waals surface area contributed by atoms with Gasteiger partial charge in [0.1, 0.15) is 11.6 Å². The van der Waals surface area contributed by atoms with Gasteiger partial charge < -0.3 is 14.7 Å². The van der Waals surface area contributed by atoms with Gasteiger partial charge in [0.05, 0.1) is 0 Å². The summed E-state index contributed by atoms with van der Waals surface area (Å²) in [6.07, 6.45) is 4.63. The number of likely N-dealkylation sites (tertiary alicyclic amines) is 1. The number of halogens is 2. The first-order valence-corrected chi connectivity index (χ1v) is 15.2. The lowest BCUT2D eigenvalue weighted by molar-refractivity contribution is -0.133. The zero-order chi connectivity index (χ0) is 28.2. The van der Waals surface area contributed by atoms with Gasteiger partial charge in [0.25, 0.3) is 0 Å². The van der Waals surface area contributed by atoms with Crippen molar-refractivity contribution in [2.45, 2.75) is 50.6 Å². The smallest absolute Gasteiger partial charge is 0.222 e. The summed E-state index contributed by atoms with van der Waals surface area (Å²) in [5.41, 5.74) is 4.38. The summed E-state index contributed by atoms with van der Waals surface area (Å²) in [6, 6.07) is 22.5. The molecule has 0 N–H and O–H groups in total. The molecule has 0 radical (unpaired) electrons. The molecule has 2 saturated heterocycles. The summed E-state index contributed by atoms with van der Waals surface area (Å²) in [4.78, 5) is 22.0. The summed E-state index contributed by atoms with van der Waals surface area (Å²) in [5.74, 6) is 0.0573. The third kappa shape index (κ3) is 6.47. The molecule has 7 heteroatoms. The Labute approximate surface area is 242 Å². The molecule has 2 unspecified atom stereocenters. The van der Waals surface area contributed by atoms with Crippen LogP contribution in [-0.4, -0.2) is 72.5 Å². The average molecular weight is 559 g/mol. The molecule has 3 aliphatic rings. The molecule has 0 aromatic heterocycles. The second-order valence-corrected chi connectivity index (χ2v) is 11.8. The van der Waals surface area contributed by atoms with Crippen LogP contribution in [0.5, 0.6) is 0 Å². The molecule has 3 aromatic carbocycles. The van der Waals surface area contributed by atoms with Gasteiger partial charge in [0, 0.05) is 75.6 Å². The predicted molar refractivity (Wildman–Crippen MR) is 159 cm³/mol. The Morgan fingerprint density at radius 3 is 2.32 bits per heavy atom. The number of rotatable bonds is 9. The second-order valence-electron chi connectivity index (χ2n) is 11.8. The van der Waals surface area contributed by atoms with Crippen LogP contribution in [0, 0.1) is 11.6 Å². The molecule has 6 rings (SSSR count). The lowest BCUT2D eigenvalue weighted by Gasteiger charge is -2.39. The number of carbonyl (C=O) groups excluding carboxylic acids is 1. The molecule has 2 atom stereocenters. The van der Waals surface area contributed by atoms with Crippen molar-refractivity contribution in [3.63, 3.8) is 0 Å². The van der Waals surface area contributed by atoms with E-state index in [9.17, 15) is 13.6 Å². The SMILES string of the molecule is O=C(CCCCCN1CCC2C(C1)c1cc(F)ccc1N2c1ccc(F)cc1)N1CCN(Cc2ccccc2)CC1. The van der Waals surface area contributed by atoms with Gasteiger partial charge in [0.2, 0.25) is 5.91 Å². The topological polar surface area (TPSA) is 30.0 Å². The van der Waals surface area contributed by atoms with E-state index in [4.69, 9.17) is 0 Å². The number of carbonyl (C=O) groups is 1. The molecule has 5 nitrogen and oxygen atoms in total. The van der Waals surface area contributed by atoms with Crippen LogP contribution in [0.2, 0.25) is 0 Å². The molecular weight excluding hydrogens is 518 g/mol. The Morgan fingerprint density at radius 1 is 0.780 bits per heavy atom. The van der Waals surface area contributed by atoms with Gasteiger partial charge >= 0.3 is 0 Å². The van der Waals surface area contributed by atoms with Crippen LogP contribution in [-0.2, 0) is 11.3 Å². The summed E-state index contributed by atoms with van der Waals surface area (Å²) in [6.45, 7) is 7.33. The van der Waals surface area contributed by atoms with E-state index in [2.05, 4.69) is 39.0 Å². The van der Waals surface area contributed by atoms with Crippen LogP contribution in [0.15, 0.2) is 72.8 Å². The first-order chi connectivity index (χ1) is 20.0. The third-order valence-corrected chi connectivity index (χ3v) is 9.08. The van der Waals surface area contributed by atoms with Crippen molar-refractivity contribution in [2.24, 2.45) is 0 Å². The number of amides is 1. The highest BCUT2D eigenvalue weighted by atomic mass is 19.1. The first kappa shape index (κ1) is 27.9. The maximum absolute atomic E-state index is 14.3. The van der Waals surface area contributed by atoms with Crippen LogP contribution in [0.25, 0.3) is 0 Å². The number of piperazine rings is 1. The molecule has 41 heavy (non-hydrogen) atoms. The zero-order valence-electron chi connectivity index (χ0n) is 23.7. The molecule has 0 spiro atoms. The zero-order valence-corrected chi connectivity index (χ0v) is 23.7. The quantitative estimate of drug-likeness (QED) is 0.294. The minimum atomic E-state index is -0.248. The summed E-state index contributed by atoms with van der Waals surface area (Å²) in [7, 11) is 0. The predicted octanol–water partition coefficient (Wildman–Crippen LogP) is 6.18. The normalized spacial score (nSPS) is 21.1. The monoisotopic (exact) mass is 558 g/mol. The molecule has 216 valence electrons. The van der Waals surface area contributed by atoms with E-state index in [0.29, 0.717) is 6.42 Å². The minimum absolute atomic E-state index is 0.206. The highest BCUT2D eigenvalue weighted by Crippen LogP contribution is 2.48. The fourth-order valence-electron chi connectivity index (χ4n) is 6.92. The van der Waals surface area contributed by atoms with E-state index >= 15 is 0 Å². The Balaban J connectivity index is 0.944. The van der Waals surface area contributed by atoms with Crippen LogP contribution < -0.4 is 4.90 Å². The third-order valence-electron chi connectivity index (χ3n) is 9.08. The fourth-order valence-corrected chi connectivity index (χ4v) is 6.92. The van der Waals surface area contributed by atoms with E-state index in [1.165, 1.54) is 23.8 Å². The lowest BCUT2D eigenvalue weighted by atomic mass is 9.88. The van der Waals surface area contributed by atoms with Gasteiger partial charge in [-0.3, -0.25) is 9.69 Å². The standard InChI is InChI=1S/C34H40F2N4O/c35-27-10-13-29(14-11-27)40-32-15-12-28(36)23-30(32)31-25-37(18-16-33(31)40)17-6-2-5-9-34(41)39-21-19-38(20-22-39)24-26-7-3-1-4-8-26/h1,3-4,7-8,10-15,23,31,33H,2,5-6,9,16-22,24-25H2. The average Bonchev–Trinajstić information content (AvgIpc) is 3.31. The van der Waals surface area contributed by atoms with Crippen molar-refractivity contribution < 1.29 is 13.6 Å². The molecule has 0 aliphatic carbocycles. The maximum Gasteiger partial charge on any atom is 0.222 e. The number of benzene rings is 3. The summed E-state index contributed by atoms with van der Waals surface area (Å²) >= 11 is 0. The van der Waals surface area contributed by atoms with E-state index < -0.39 is 0 Å². The molecule has 3 aromatic rings. The molecule has 1 amide bonds. The number of piperidine rings is 1. The van der Waals surface area contributed by atoms with Gasteiger partial charge in [0.15, 0.2) is 0 Å². The van der Waals surface area contributed by atoms with E-state index in [1.807, 2.05) is 29.2 Å². The Morgan fingerprint density at radius 2 is 1.54 bits per heavy atom. The van der Waals surface area contributed by atoms with Gasteiger partial charge in [-0.05, 0) is 79.4 Å². The lowest BCUT2D eigenvalue weighted by Crippen LogP contribution is -2.48. The van der Waals surface area contributed by atoms with Gasteiger partial charge in [-0.15, -0.1) is 0 Å². The number of unbranched alkanes of at least 4 members (excludes halogenated alkanes) is 2. The van der Waals surface area contributed by atoms with Crippen LogP contribution in [0.4, 0.5) is 20.2 Å². The maximum atomic E-state index is 14.3. The fraction of sp³-hybridized carbons (Fsp3) is 0.441. The van der Waals surface area contributed by atoms with Crippen LogP contribution in [0.1, 0.15) is 49.1 Å². The molecule has 3 heterocycles. The largest absolute Gasteiger partial charge is 0.340 e. The number of hydrogen-bond acceptors (Lipinski definition) is 4. The van der Waals surface area contributed by atoms with E-state index in [0.717, 1.165) is 95.0 Å². The minimum Gasteiger partial charge on any atom is -0.340 e. The summed E-state index contributed by atoms with van der Waals surface area (Å²) < 4.78 is 27.9. The van der Waals surface area contributed by atoms with E-state index in [1.54, 1.807) is 6.07 Å². The Bertz CT molecular complexity index is 1310. The van der Waals surface area contributed by atoms with Gasteiger partial charge in [-0.1, -0.05) is 36.8 Å². The van der Waals surface area contributed by atoms with Crippen molar-refractivity contribution in [3.8, 4) is 0 Å². The number of fused-ring (bicyclic) bond motifs is 3. The van der Waals surface area contributed by atoms with Crippen LogP contribution in [0.3, 0.4) is 0 Å². The van der Waals surface area contributed by atoms with E-state index in [-0.39, 0.29) is 29.5 Å². The van der Waals surface area contributed by atoms with Crippen molar-refractivity contribution in [1.29, 1.82) is 0 Å². The highest BCUT2D eigenvalue weighted by Gasteiger charge is 2.42. The first-order valence-electron chi connectivity index (χ1n) is 15.2. The Hall–Kier alpha value is -3.29. The van der Waals surface area contributed by atoms with Crippen LogP contribution >= 0.6 is 0 Å². The van der Waals surface area contributed by atoms with Crippen molar-refractivity contribution in [1.82, 2.24) is 14.7 Å². The molecule has 0 saturated carbocycles. The van der Waals surface area contributed by atoms with Crippen molar-refractivity contribution in [3.05, 3.63) is 95.6 Å². The molecule has 3 aliphatic heterocycles. The highest BCUT2D eigenvalue weighted by molar-refractivity contribution is 5.76. The van der Waals surface area contributed by atoms with Gasteiger partial charge in [-0.25, -0.2) is 8.78 Å². The van der Waals surface area contributed by atoms with Crippen molar-refractivity contribution in [2.75, 3.05) is 50.7 Å². The Kier molecular flexibility index (Phi) is 8.63. The second kappa shape index (κ2) is 12.7. The number of anilines is 2. The number of nitrogens with zero attached hydrogens (tertiary/aromatic N) is 4. The van der Waals surface area contributed by atoms with Gasteiger partial charge in [-0.2, -0.15) is 0 Å². The number of hydrogen-bond donors (Lipinski definition) is 0. The molecule has 2 fully saturated rings. The molecule has 0 bridgehead atoms.